The van der Waals surface area contributed by atoms with E-state index in [1.165, 1.54) is 0 Å². The summed E-state index contributed by atoms with van der Waals surface area (Å²) in [5.74, 6) is 2.53. The first kappa shape index (κ1) is 22.4. The third-order valence-electron chi connectivity index (χ3n) is 3.35. The average Bonchev–Trinajstić information content (AvgIpc) is 2.63. The Hall–Kier alpha value is -1.68. The molecule has 0 heterocycles. The van der Waals surface area contributed by atoms with E-state index in [1.807, 2.05) is 42.5 Å². The number of nitrogens with zero attached hydrogens (tertiary/aromatic N) is 1. The minimum atomic E-state index is 0. The van der Waals surface area contributed by atoms with Crippen molar-refractivity contribution in [2.75, 3.05) is 27.4 Å². The van der Waals surface area contributed by atoms with Crippen LogP contribution in [0.4, 0.5) is 0 Å². The van der Waals surface area contributed by atoms with E-state index >= 15 is 0 Å². The SMILES string of the molecule is COc1ccc(CN=C(N)NCCOc2cccc(Br)c2)cc1OC.I. The highest BCUT2D eigenvalue weighted by molar-refractivity contribution is 14.0. The molecule has 3 N–H and O–H groups in total. The van der Waals surface area contributed by atoms with Crippen LogP contribution in [-0.4, -0.2) is 33.3 Å². The van der Waals surface area contributed by atoms with E-state index in [0.717, 1.165) is 15.8 Å². The molecule has 0 aliphatic carbocycles. The first-order chi connectivity index (χ1) is 12.1. The van der Waals surface area contributed by atoms with E-state index in [4.69, 9.17) is 19.9 Å². The summed E-state index contributed by atoms with van der Waals surface area (Å²) in [6, 6.07) is 13.3. The minimum absolute atomic E-state index is 0. The standard InChI is InChI=1S/C18H22BrN3O3.HI/c1-23-16-7-6-13(10-17(16)24-2)12-22-18(20)21-8-9-25-15-5-3-4-14(19)11-15;/h3-7,10-11H,8-9,12H2,1-2H3,(H3,20,21,22);1H. The molecule has 0 saturated carbocycles. The zero-order chi connectivity index (χ0) is 18.1. The van der Waals surface area contributed by atoms with Crippen LogP contribution in [0.3, 0.4) is 0 Å². The van der Waals surface area contributed by atoms with Crippen molar-refractivity contribution in [3.05, 3.63) is 52.5 Å². The fraction of sp³-hybridized carbons (Fsp3) is 0.278. The molecule has 142 valence electrons. The number of halogens is 2. The number of aliphatic imine (C=N–C) groups is 1. The van der Waals surface area contributed by atoms with E-state index in [9.17, 15) is 0 Å². The zero-order valence-corrected chi connectivity index (χ0v) is 18.6. The predicted octanol–water partition coefficient (Wildman–Crippen LogP) is 3.57. The highest BCUT2D eigenvalue weighted by Crippen LogP contribution is 2.27. The molecule has 0 bridgehead atoms. The van der Waals surface area contributed by atoms with Gasteiger partial charge in [-0.25, -0.2) is 4.99 Å². The second-order valence-electron chi connectivity index (χ2n) is 5.12. The van der Waals surface area contributed by atoms with Crippen molar-refractivity contribution < 1.29 is 14.2 Å². The molecule has 26 heavy (non-hydrogen) atoms. The number of nitrogens with one attached hydrogen (secondary N) is 1. The van der Waals surface area contributed by atoms with E-state index in [2.05, 4.69) is 26.2 Å². The fourth-order valence-corrected chi connectivity index (χ4v) is 2.49. The highest BCUT2D eigenvalue weighted by Gasteiger charge is 2.04. The summed E-state index contributed by atoms with van der Waals surface area (Å²) in [6.07, 6.45) is 0. The second-order valence-corrected chi connectivity index (χ2v) is 6.04. The van der Waals surface area contributed by atoms with Crippen molar-refractivity contribution in [2.45, 2.75) is 6.54 Å². The lowest BCUT2D eigenvalue weighted by Gasteiger charge is -2.10. The molecule has 2 rings (SSSR count). The number of methoxy groups -OCH3 is 2. The van der Waals surface area contributed by atoms with Gasteiger partial charge >= 0.3 is 0 Å². The number of ether oxygens (including phenoxy) is 3. The smallest absolute Gasteiger partial charge is 0.189 e. The van der Waals surface area contributed by atoms with Gasteiger partial charge in [-0.1, -0.05) is 28.1 Å². The maximum atomic E-state index is 5.87. The van der Waals surface area contributed by atoms with Crippen LogP contribution >= 0.6 is 39.9 Å². The summed E-state index contributed by atoms with van der Waals surface area (Å²) in [6.45, 7) is 1.50. The van der Waals surface area contributed by atoms with Gasteiger partial charge in [0.2, 0.25) is 0 Å². The van der Waals surface area contributed by atoms with Gasteiger partial charge in [-0.2, -0.15) is 0 Å². The third-order valence-corrected chi connectivity index (χ3v) is 3.85. The maximum Gasteiger partial charge on any atom is 0.189 e. The van der Waals surface area contributed by atoms with E-state index in [-0.39, 0.29) is 24.0 Å². The topological polar surface area (TPSA) is 78.1 Å². The molecule has 0 amide bonds. The molecule has 0 radical (unpaired) electrons. The Balaban J connectivity index is 0.00000338. The van der Waals surface area contributed by atoms with Gasteiger partial charge < -0.3 is 25.3 Å². The molecule has 0 aromatic heterocycles. The van der Waals surface area contributed by atoms with Crippen LogP contribution in [0.15, 0.2) is 51.9 Å². The van der Waals surface area contributed by atoms with Gasteiger partial charge in [0.15, 0.2) is 17.5 Å². The Labute approximate surface area is 179 Å². The molecular weight excluding hydrogens is 513 g/mol. The van der Waals surface area contributed by atoms with Crippen molar-refractivity contribution in [3.8, 4) is 17.2 Å². The van der Waals surface area contributed by atoms with Gasteiger partial charge in [-0.05, 0) is 35.9 Å². The van der Waals surface area contributed by atoms with Crippen molar-refractivity contribution in [1.82, 2.24) is 5.32 Å². The highest BCUT2D eigenvalue weighted by atomic mass is 127. The van der Waals surface area contributed by atoms with Crippen molar-refractivity contribution in [2.24, 2.45) is 10.7 Å². The Bertz CT molecular complexity index is 729. The summed E-state index contributed by atoms with van der Waals surface area (Å²) >= 11 is 3.40. The number of benzene rings is 2. The molecule has 6 nitrogen and oxygen atoms in total. The van der Waals surface area contributed by atoms with Crippen LogP contribution in [0.2, 0.25) is 0 Å². The zero-order valence-electron chi connectivity index (χ0n) is 14.7. The number of nitrogens with two attached hydrogens (primary N) is 1. The van der Waals surface area contributed by atoms with Crippen LogP contribution < -0.4 is 25.3 Å². The Kier molecular flexibility index (Phi) is 10.2. The van der Waals surface area contributed by atoms with Crippen LogP contribution in [0.1, 0.15) is 5.56 Å². The molecule has 0 spiro atoms. The lowest BCUT2D eigenvalue weighted by atomic mass is 10.2. The van der Waals surface area contributed by atoms with Crippen LogP contribution in [0.25, 0.3) is 0 Å². The summed E-state index contributed by atoms with van der Waals surface area (Å²) in [4.78, 5) is 4.31. The van der Waals surface area contributed by atoms with Crippen molar-refractivity contribution in [1.29, 1.82) is 0 Å². The fourth-order valence-electron chi connectivity index (χ4n) is 2.12. The first-order valence-corrected chi connectivity index (χ1v) is 8.54. The minimum Gasteiger partial charge on any atom is -0.493 e. The summed E-state index contributed by atoms with van der Waals surface area (Å²) in [5.41, 5.74) is 6.85. The van der Waals surface area contributed by atoms with Gasteiger partial charge in [-0.3, -0.25) is 0 Å². The number of hydrogen-bond acceptors (Lipinski definition) is 4. The summed E-state index contributed by atoms with van der Waals surface area (Å²) in [5, 5.41) is 3.02. The van der Waals surface area contributed by atoms with Gasteiger partial charge in [0.05, 0.1) is 27.3 Å². The Morgan fingerprint density at radius 2 is 1.88 bits per heavy atom. The lowest BCUT2D eigenvalue weighted by Crippen LogP contribution is -2.34. The third kappa shape index (κ3) is 7.28. The summed E-state index contributed by atoms with van der Waals surface area (Å²) < 4.78 is 17.1. The molecule has 2 aromatic carbocycles. The van der Waals surface area contributed by atoms with Gasteiger partial charge in [-0.15, -0.1) is 24.0 Å². The molecule has 0 fully saturated rings. The normalized spacial score (nSPS) is 10.7. The quantitative estimate of drug-likeness (QED) is 0.234. The maximum absolute atomic E-state index is 5.87. The van der Waals surface area contributed by atoms with E-state index in [0.29, 0.717) is 37.2 Å². The first-order valence-electron chi connectivity index (χ1n) is 7.75. The van der Waals surface area contributed by atoms with Gasteiger partial charge in [0.25, 0.3) is 0 Å². The van der Waals surface area contributed by atoms with Crippen LogP contribution in [0.5, 0.6) is 17.2 Å². The molecular formula is C18H23BrIN3O3. The number of guanidine groups is 1. The molecule has 0 saturated heterocycles. The summed E-state index contributed by atoms with van der Waals surface area (Å²) in [7, 11) is 3.21. The van der Waals surface area contributed by atoms with Crippen molar-refractivity contribution >= 4 is 45.9 Å². The van der Waals surface area contributed by atoms with Crippen LogP contribution in [-0.2, 0) is 6.54 Å². The van der Waals surface area contributed by atoms with Crippen molar-refractivity contribution in [3.63, 3.8) is 0 Å². The van der Waals surface area contributed by atoms with Gasteiger partial charge in [0, 0.05) is 4.47 Å². The van der Waals surface area contributed by atoms with Gasteiger partial charge in [0.1, 0.15) is 12.4 Å². The van der Waals surface area contributed by atoms with E-state index < -0.39 is 0 Å². The molecule has 2 aromatic rings. The Morgan fingerprint density at radius 1 is 1.12 bits per heavy atom. The van der Waals surface area contributed by atoms with E-state index in [1.54, 1.807) is 14.2 Å². The Morgan fingerprint density at radius 3 is 2.58 bits per heavy atom. The number of rotatable bonds is 8. The average molecular weight is 536 g/mol. The van der Waals surface area contributed by atoms with Crippen LogP contribution in [0, 0.1) is 0 Å². The largest absolute Gasteiger partial charge is 0.493 e. The second kappa shape index (κ2) is 11.8. The predicted molar refractivity (Wildman–Crippen MR) is 118 cm³/mol. The molecule has 0 unspecified atom stereocenters. The number of hydrogen-bond donors (Lipinski definition) is 2. The monoisotopic (exact) mass is 535 g/mol. The lowest BCUT2D eigenvalue weighted by molar-refractivity contribution is 0.322. The molecule has 8 heteroatoms. The molecule has 0 aliphatic heterocycles. The molecule has 0 aliphatic rings. The molecule has 0 atom stereocenters.